The highest BCUT2D eigenvalue weighted by Crippen LogP contribution is 2.41. The van der Waals surface area contributed by atoms with Gasteiger partial charge >= 0.3 is 0 Å². The van der Waals surface area contributed by atoms with Crippen LogP contribution in [-0.2, 0) is 0 Å². The van der Waals surface area contributed by atoms with E-state index in [1.165, 1.54) is 64.6 Å². The normalized spacial score (nSPS) is 30.4. The largest absolute Gasteiger partial charge is 0.313 e. The Balaban J connectivity index is 1.83. The van der Waals surface area contributed by atoms with Gasteiger partial charge < -0.3 is 10.2 Å². The van der Waals surface area contributed by atoms with Gasteiger partial charge in [-0.05, 0) is 62.9 Å². The zero-order valence-corrected chi connectivity index (χ0v) is 14.3. The van der Waals surface area contributed by atoms with Gasteiger partial charge in [0.25, 0.3) is 0 Å². The maximum absolute atomic E-state index is 3.84. The minimum absolute atomic E-state index is 0.480. The molecule has 0 aromatic carbocycles. The Labute approximate surface area is 126 Å². The third-order valence-electron chi connectivity index (χ3n) is 5.68. The van der Waals surface area contributed by atoms with Crippen LogP contribution < -0.4 is 5.32 Å². The van der Waals surface area contributed by atoms with Crippen LogP contribution >= 0.6 is 0 Å². The number of hydrogen-bond acceptors (Lipinski definition) is 2. The third-order valence-corrected chi connectivity index (χ3v) is 5.68. The van der Waals surface area contributed by atoms with E-state index in [-0.39, 0.29) is 0 Å². The summed E-state index contributed by atoms with van der Waals surface area (Å²) in [6.45, 7) is 11.0. The van der Waals surface area contributed by atoms with Gasteiger partial charge in [0.1, 0.15) is 0 Å². The van der Waals surface area contributed by atoms with Crippen molar-refractivity contribution in [3.63, 3.8) is 0 Å². The van der Waals surface area contributed by atoms with E-state index < -0.39 is 0 Å². The van der Waals surface area contributed by atoms with Crippen LogP contribution in [-0.4, -0.2) is 37.6 Å². The first-order valence-electron chi connectivity index (χ1n) is 8.95. The first-order chi connectivity index (χ1) is 9.53. The average Bonchev–Trinajstić information content (AvgIpc) is 2.97. The molecule has 2 unspecified atom stereocenters. The van der Waals surface area contributed by atoms with Gasteiger partial charge in [0, 0.05) is 19.1 Å². The van der Waals surface area contributed by atoms with Gasteiger partial charge in [-0.1, -0.05) is 33.6 Å². The number of nitrogens with zero attached hydrogens (tertiary/aromatic N) is 1. The highest BCUT2D eigenvalue weighted by atomic mass is 15.1. The van der Waals surface area contributed by atoms with Crippen molar-refractivity contribution in [2.24, 2.45) is 17.3 Å². The lowest BCUT2D eigenvalue weighted by molar-refractivity contribution is 0.189. The van der Waals surface area contributed by atoms with Crippen molar-refractivity contribution in [3.05, 3.63) is 0 Å². The summed E-state index contributed by atoms with van der Waals surface area (Å²) in [6, 6.07) is 0.716. The second kappa shape index (κ2) is 7.26. The van der Waals surface area contributed by atoms with E-state index in [0.717, 1.165) is 11.8 Å². The molecule has 1 N–H and O–H groups in total. The summed E-state index contributed by atoms with van der Waals surface area (Å²) in [5.74, 6) is 1.83. The molecule has 118 valence electrons. The summed E-state index contributed by atoms with van der Waals surface area (Å²) in [6.07, 6.45) is 9.91. The molecule has 0 amide bonds. The van der Waals surface area contributed by atoms with Crippen molar-refractivity contribution < 1.29 is 0 Å². The summed E-state index contributed by atoms with van der Waals surface area (Å²) in [5, 5.41) is 3.84. The Morgan fingerprint density at radius 3 is 2.45 bits per heavy atom. The van der Waals surface area contributed by atoms with Gasteiger partial charge in [-0.15, -0.1) is 0 Å². The molecule has 0 radical (unpaired) electrons. The molecule has 0 spiro atoms. The van der Waals surface area contributed by atoms with Gasteiger partial charge in [-0.3, -0.25) is 0 Å². The second-order valence-electron chi connectivity index (χ2n) is 8.09. The molecule has 0 aliphatic heterocycles. The van der Waals surface area contributed by atoms with Crippen molar-refractivity contribution >= 4 is 0 Å². The van der Waals surface area contributed by atoms with Crippen LogP contribution in [0.5, 0.6) is 0 Å². The Bertz CT molecular complexity index is 281. The molecule has 2 aliphatic rings. The average molecular weight is 280 g/mol. The minimum Gasteiger partial charge on any atom is -0.313 e. The van der Waals surface area contributed by atoms with Gasteiger partial charge in [-0.25, -0.2) is 0 Å². The van der Waals surface area contributed by atoms with Crippen molar-refractivity contribution in [2.45, 2.75) is 71.8 Å². The van der Waals surface area contributed by atoms with E-state index >= 15 is 0 Å². The molecular weight excluding hydrogens is 244 g/mol. The molecule has 2 fully saturated rings. The van der Waals surface area contributed by atoms with E-state index in [0.29, 0.717) is 11.5 Å². The van der Waals surface area contributed by atoms with E-state index in [2.05, 4.69) is 38.0 Å². The Kier molecular flexibility index (Phi) is 5.92. The first kappa shape index (κ1) is 16.3. The van der Waals surface area contributed by atoms with Gasteiger partial charge in [0.2, 0.25) is 0 Å². The molecule has 2 aliphatic carbocycles. The quantitative estimate of drug-likeness (QED) is 0.760. The van der Waals surface area contributed by atoms with Gasteiger partial charge in [0.05, 0.1) is 0 Å². The molecule has 20 heavy (non-hydrogen) atoms. The van der Waals surface area contributed by atoms with Crippen molar-refractivity contribution in [1.82, 2.24) is 10.2 Å². The maximum Gasteiger partial charge on any atom is 0.0159 e. The zero-order chi connectivity index (χ0) is 14.6. The monoisotopic (exact) mass is 280 g/mol. The van der Waals surface area contributed by atoms with Crippen LogP contribution in [0.1, 0.15) is 65.7 Å². The summed E-state index contributed by atoms with van der Waals surface area (Å²) in [7, 11) is 2.35. The number of rotatable bonds is 7. The smallest absolute Gasteiger partial charge is 0.0159 e. The standard InChI is InChI=1S/C18H36N2/c1-5-12-19-17-16(10-11-18(17,2)3)14-20(4)13-15-8-6-7-9-15/h15-17,19H,5-14H2,1-4H3. The van der Waals surface area contributed by atoms with Crippen LogP contribution in [0.2, 0.25) is 0 Å². The SMILES string of the molecule is CCCNC1C(CN(C)CC2CCCC2)CCC1(C)C. The fourth-order valence-corrected chi connectivity index (χ4v) is 4.57. The lowest BCUT2D eigenvalue weighted by atomic mass is 9.84. The fourth-order valence-electron chi connectivity index (χ4n) is 4.57. The predicted octanol–water partition coefficient (Wildman–Crippen LogP) is 3.91. The van der Waals surface area contributed by atoms with Gasteiger partial charge in [-0.2, -0.15) is 0 Å². The lowest BCUT2D eigenvalue weighted by Gasteiger charge is -2.34. The van der Waals surface area contributed by atoms with Crippen LogP contribution in [0.25, 0.3) is 0 Å². The minimum atomic E-state index is 0.480. The van der Waals surface area contributed by atoms with Crippen LogP contribution in [0, 0.1) is 17.3 Å². The molecule has 2 saturated carbocycles. The Hall–Kier alpha value is -0.0800. The van der Waals surface area contributed by atoms with Crippen LogP contribution in [0.4, 0.5) is 0 Å². The highest BCUT2D eigenvalue weighted by molar-refractivity contribution is 4.97. The number of hydrogen-bond donors (Lipinski definition) is 1. The summed E-state index contributed by atoms with van der Waals surface area (Å²) >= 11 is 0. The molecule has 0 aromatic heterocycles. The third kappa shape index (κ3) is 4.21. The molecule has 0 heterocycles. The molecule has 0 saturated heterocycles. The number of nitrogens with one attached hydrogen (secondary N) is 1. The first-order valence-corrected chi connectivity index (χ1v) is 8.95. The maximum atomic E-state index is 3.84. The Morgan fingerprint density at radius 2 is 1.80 bits per heavy atom. The van der Waals surface area contributed by atoms with E-state index in [1.807, 2.05) is 0 Å². The molecule has 2 nitrogen and oxygen atoms in total. The molecule has 0 aromatic rings. The molecule has 2 heteroatoms. The molecule has 0 bridgehead atoms. The van der Waals surface area contributed by atoms with Gasteiger partial charge in [0.15, 0.2) is 0 Å². The van der Waals surface area contributed by atoms with Crippen LogP contribution in [0.3, 0.4) is 0 Å². The lowest BCUT2D eigenvalue weighted by Crippen LogP contribution is -2.45. The second-order valence-corrected chi connectivity index (χ2v) is 8.09. The van der Waals surface area contributed by atoms with Crippen LogP contribution in [0.15, 0.2) is 0 Å². The summed E-state index contributed by atoms with van der Waals surface area (Å²) < 4.78 is 0. The predicted molar refractivity (Wildman–Crippen MR) is 88.0 cm³/mol. The topological polar surface area (TPSA) is 15.3 Å². The van der Waals surface area contributed by atoms with Crippen molar-refractivity contribution in [1.29, 1.82) is 0 Å². The Morgan fingerprint density at radius 1 is 1.10 bits per heavy atom. The molecule has 2 atom stereocenters. The van der Waals surface area contributed by atoms with E-state index in [4.69, 9.17) is 0 Å². The summed E-state index contributed by atoms with van der Waals surface area (Å²) in [5.41, 5.74) is 0.480. The highest BCUT2D eigenvalue weighted by Gasteiger charge is 2.41. The fraction of sp³-hybridized carbons (Fsp3) is 1.00. The van der Waals surface area contributed by atoms with E-state index in [1.54, 1.807) is 0 Å². The van der Waals surface area contributed by atoms with Crippen molar-refractivity contribution in [2.75, 3.05) is 26.7 Å². The summed E-state index contributed by atoms with van der Waals surface area (Å²) in [4.78, 5) is 2.63. The molecule has 2 rings (SSSR count). The zero-order valence-electron chi connectivity index (χ0n) is 14.3. The van der Waals surface area contributed by atoms with E-state index in [9.17, 15) is 0 Å². The molecular formula is C18H36N2. The van der Waals surface area contributed by atoms with Crippen molar-refractivity contribution in [3.8, 4) is 0 Å².